The molecule has 0 aromatic heterocycles. The molecule has 0 aliphatic carbocycles. The minimum atomic E-state index is -4.32. The maximum atomic E-state index is 12.9. The number of anilines is 1. The number of nitrogens with zero attached hydrogens (tertiary/aromatic N) is 1. The lowest BCUT2D eigenvalue weighted by Gasteiger charge is -2.31. The van der Waals surface area contributed by atoms with Gasteiger partial charge in [-0.25, -0.2) is 0 Å². The van der Waals surface area contributed by atoms with Crippen molar-refractivity contribution in [1.82, 2.24) is 5.32 Å². The van der Waals surface area contributed by atoms with Crippen molar-refractivity contribution in [3.05, 3.63) is 54.1 Å². The molecule has 0 saturated carbocycles. The van der Waals surface area contributed by atoms with Crippen molar-refractivity contribution >= 4 is 5.69 Å². The predicted octanol–water partition coefficient (Wildman–Crippen LogP) is 3.78. The van der Waals surface area contributed by atoms with E-state index in [-0.39, 0.29) is 0 Å². The summed E-state index contributed by atoms with van der Waals surface area (Å²) in [5.74, 6) is 0. The third-order valence-electron chi connectivity index (χ3n) is 3.86. The highest BCUT2D eigenvalue weighted by Gasteiger charge is 2.30. The Morgan fingerprint density at radius 2 is 1.64 bits per heavy atom. The Balaban J connectivity index is 2.01. The van der Waals surface area contributed by atoms with Crippen LogP contribution in [0.3, 0.4) is 0 Å². The zero-order valence-electron chi connectivity index (χ0n) is 12.0. The number of halogens is 3. The van der Waals surface area contributed by atoms with Crippen LogP contribution in [0, 0.1) is 0 Å². The third-order valence-corrected chi connectivity index (χ3v) is 3.86. The molecule has 0 radical (unpaired) electrons. The SMILES string of the molecule is FC(F)(F)c1cccc(-c2ccccc2N2CCNCC2)c1. The van der Waals surface area contributed by atoms with Crippen molar-refractivity contribution in [3.63, 3.8) is 0 Å². The first-order chi connectivity index (χ1) is 10.6. The Kier molecular flexibility index (Phi) is 4.07. The average Bonchev–Trinajstić information content (AvgIpc) is 2.55. The molecule has 1 aliphatic heterocycles. The molecule has 116 valence electrons. The number of benzene rings is 2. The van der Waals surface area contributed by atoms with Crippen LogP contribution in [0.4, 0.5) is 18.9 Å². The number of hydrogen-bond donors (Lipinski definition) is 1. The van der Waals surface area contributed by atoms with Gasteiger partial charge in [0.15, 0.2) is 0 Å². The van der Waals surface area contributed by atoms with Gasteiger partial charge in [-0.2, -0.15) is 13.2 Å². The minimum absolute atomic E-state index is 0.601. The molecule has 0 spiro atoms. The fourth-order valence-corrected chi connectivity index (χ4v) is 2.76. The van der Waals surface area contributed by atoms with Gasteiger partial charge in [-0.15, -0.1) is 0 Å². The molecule has 3 rings (SSSR count). The molecule has 1 N–H and O–H groups in total. The lowest BCUT2D eigenvalue weighted by molar-refractivity contribution is -0.137. The normalized spacial score (nSPS) is 15.9. The zero-order chi connectivity index (χ0) is 15.6. The second kappa shape index (κ2) is 6.01. The molecule has 0 amide bonds. The summed E-state index contributed by atoms with van der Waals surface area (Å²) >= 11 is 0. The fourth-order valence-electron chi connectivity index (χ4n) is 2.76. The summed E-state index contributed by atoms with van der Waals surface area (Å²) in [6, 6.07) is 13.2. The fraction of sp³-hybridized carbons (Fsp3) is 0.294. The van der Waals surface area contributed by atoms with E-state index in [0.717, 1.165) is 43.5 Å². The van der Waals surface area contributed by atoms with Gasteiger partial charge in [0.1, 0.15) is 0 Å². The number of para-hydroxylation sites is 1. The Bertz CT molecular complexity index is 646. The van der Waals surface area contributed by atoms with Gasteiger partial charge in [0, 0.05) is 37.4 Å². The van der Waals surface area contributed by atoms with Crippen LogP contribution in [0.15, 0.2) is 48.5 Å². The van der Waals surface area contributed by atoms with E-state index >= 15 is 0 Å². The molecular formula is C17H17F3N2. The highest BCUT2D eigenvalue weighted by atomic mass is 19.4. The first-order valence-corrected chi connectivity index (χ1v) is 7.28. The largest absolute Gasteiger partial charge is 0.416 e. The van der Waals surface area contributed by atoms with Crippen LogP contribution in [0.1, 0.15) is 5.56 Å². The van der Waals surface area contributed by atoms with Crippen LogP contribution in [-0.2, 0) is 6.18 Å². The number of hydrogen-bond acceptors (Lipinski definition) is 2. The van der Waals surface area contributed by atoms with E-state index in [0.29, 0.717) is 5.56 Å². The summed E-state index contributed by atoms with van der Waals surface area (Å²) in [4.78, 5) is 2.21. The lowest BCUT2D eigenvalue weighted by Crippen LogP contribution is -2.43. The first-order valence-electron chi connectivity index (χ1n) is 7.28. The Morgan fingerprint density at radius 3 is 2.36 bits per heavy atom. The van der Waals surface area contributed by atoms with Crippen molar-refractivity contribution in [1.29, 1.82) is 0 Å². The summed E-state index contributed by atoms with van der Waals surface area (Å²) in [6.45, 7) is 3.49. The molecule has 22 heavy (non-hydrogen) atoms. The standard InChI is InChI=1S/C17H17F3N2/c18-17(19,20)14-5-3-4-13(12-14)15-6-1-2-7-16(15)22-10-8-21-9-11-22/h1-7,12,21H,8-11H2. The quantitative estimate of drug-likeness (QED) is 0.908. The number of alkyl halides is 3. The van der Waals surface area contributed by atoms with Crippen molar-refractivity contribution in [2.45, 2.75) is 6.18 Å². The van der Waals surface area contributed by atoms with Gasteiger partial charge in [0.2, 0.25) is 0 Å². The molecule has 0 unspecified atom stereocenters. The molecule has 1 saturated heterocycles. The molecule has 2 nitrogen and oxygen atoms in total. The van der Waals surface area contributed by atoms with Gasteiger partial charge in [-0.1, -0.05) is 30.3 Å². The zero-order valence-corrected chi connectivity index (χ0v) is 12.0. The van der Waals surface area contributed by atoms with Crippen molar-refractivity contribution < 1.29 is 13.2 Å². The van der Waals surface area contributed by atoms with E-state index in [4.69, 9.17) is 0 Å². The Morgan fingerprint density at radius 1 is 0.909 bits per heavy atom. The summed E-state index contributed by atoms with van der Waals surface area (Å²) < 4.78 is 38.8. The van der Waals surface area contributed by atoms with Gasteiger partial charge < -0.3 is 10.2 Å². The van der Waals surface area contributed by atoms with E-state index in [1.165, 1.54) is 12.1 Å². The molecule has 2 aromatic carbocycles. The van der Waals surface area contributed by atoms with Crippen molar-refractivity contribution in [2.24, 2.45) is 0 Å². The summed E-state index contributed by atoms with van der Waals surface area (Å²) in [7, 11) is 0. The van der Waals surface area contributed by atoms with Crippen LogP contribution in [0.2, 0.25) is 0 Å². The van der Waals surface area contributed by atoms with E-state index in [1.54, 1.807) is 6.07 Å². The molecule has 5 heteroatoms. The summed E-state index contributed by atoms with van der Waals surface area (Å²) in [6.07, 6.45) is -4.32. The third kappa shape index (κ3) is 3.09. The molecular weight excluding hydrogens is 289 g/mol. The van der Waals surface area contributed by atoms with Crippen LogP contribution in [-0.4, -0.2) is 26.2 Å². The van der Waals surface area contributed by atoms with E-state index < -0.39 is 11.7 Å². The maximum Gasteiger partial charge on any atom is 0.416 e. The van der Waals surface area contributed by atoms with Crippen LogP contribution in [0.25, 0.3) is 11.1 Å². The second-order valence-corrected chi connectivity index (χ2v) is 5.33. The van der Waals surface area contributed by atoms with Crippen LogP contribution >= 0.6 is 0 Å². The van der Waals surface area contributed by atoms with Crippen LogP contribution < -0.4 is 10.2 Å². The Hall–Kier alpha value is -2.01. The number of rotatable bonds is 2. The van der Waals surface area contributed by atoms with Gasteiger partial charge in [0.05, 0.1) is 5.56 Å². The monoisotopic (exact) mass is 306 g/mol. The Labute approximate surface area is 127 Å². The van der Waals surface area contributed by atoms with Crippen LogP contribution in [0.5, 0.6) is 0 Å². The molecule has 0 atom stereocenters. The lowest BCUT2D eigenvalue weighted by atomic mass is 10.00. The second-order valence-electron chi connectivity index (χ2n) is 5.33. The first kappa shape index (κ1) is 14.9. The predicted molar refractivity (Wildman–Crippen MR) is 82.0 cm³/mol. The van der Waals surface area contributed by atoms with Gasteiger partial charge in [-0.05, 0) is 23.8 Å². The van der Waals surface area contributed by atoms with Gasteiger partial charge >= 0.3 is 6.18 Å². The highest BCUT2D eigenvalue weighted by Crippen LogP contribution is 2.35. The molecule has 1 aliphatic rings. The van der Waals surface area contributed by atoms with E-state index in [2.05, 4.69) is 10.2 Å². The molecule has 0 bridgehead atoms. The highest BCUT2D eigenvalue weighted by molar-refractivity contribution is 5.79. The summed E-state index contributed by atoms with van der Waals surface area (Å²) in [5, 5.41) is 3.28. The summed E-state index contributed by atoms with van der Waals surface area (Å²) in [5.41, 5.74) is 1.82. The number of nitrogens with one attached hydrogen (secondary N) is 1. The van der Waals surface area contributed by atoms with Gasteiger partial charge in [-0.3, -0.25) is 0 Å². The minimum Gasteiger partial charge on any atom is -0.368 e. The van der Waals surface area contributed by atoms with Crippen molar-refractivity contribution in [3.8, 4) is 11.1 Å². The number of piperazine rings is 1. The van der Waals surface area contributed by atoms with E-state index in [1.807, 2.05) is 24.3 Å². The van der Waals surface area contributed by atoms with Gasteiger partial charge in [0.25, 0.3) is 0 Å². The maximum absolute atomic E-state index is 12.9. The smallest absolute Gasteiger partial charge is 0.368 e. The molecule has 2 aromatic rings. The topological polar surface area (TPSA) is 15.3 Å². The van der Waals surface area contributed by atoms with E-state index in [9.17, 15) is 13.2 Å². The molecule has 1 heterocycles. The molecule has 1 fully saturated rings. The van der Waals surface area contributed by atoms with Crippen molar-refractivity contribution in [2.75, 3.05) is 31.1 Å². The average molecular weight is 306 g/mol.